The number of hydrogen-bond acceptors (Lipinski definition) is 3. The summed E-state index contributed by atoms with van der Waals surface area (Å²) in [5, 5.41) is 8.66. The normalized spacial score (nSPS) is 23.3. The number of hydrogen-bond donors (Lipinski definition) is 1. The molecule has 1 heterocycles. The first-order chi connectivity index (χ1) is 7.15. The van der Waals surface area contributed by atoms with Crippen LogP contribution in [0.5, 0.6) is 0 Å². The van der Waals surface area contributed by atoms with Gasteiger partial charge in [0.05, 0.1) is 6.07 Å². The summed E-state index contributed by atoms with van der Waals surface area (Å²) >= 11 is 0. The van der Waals surface area contributed by atoms with Crippen LogP contribution in [0.2, 0.25) is 0 Å². The Bertz CT molecular complexity index is 218. The lowest BCUT2D eigenvalue weighted by Crippen LogP contribution is -2.44. The Labute approximate surface area is 93.2 Å². The van der Waals surface area contributed by atoms with Crippen molar-refractivity contribution in [3.05, 3.63) is 0 Å². The van der Waals surface area contributed by atoms with Crippen LogP contribution >= 0.6 is 0 Å². The molecule has 3 nitrogen and oxygen atoms in total. The van der Waals surface area contributed by atoms with Crippen LogP contribution in [0.3, 0.4) is 0 Å². The third kappa shape index (κ3) is 3.19. The molecule has 0 saturated carbocycles. The van der Waals surface area contributed by atoms with Crippen LogP contribution in [0.25, 0.3) is 0 Å². The first-order valence-corrected chi connectivity index (χ1v) is 6.03. The van der Waals surface area contributed by atoms with Crippen molar-refractivity contribution < 1.29 is 0 Å². The van der Waals surface area contributed by atoms with Crippen molar-refractivity contribution in [2.24, 2.45) is 11.1 Å². The molecule has 0 amide bonds. The van der Waals surface area contributed by atoms with Crippen LogP contribution < -0.4 is 5.73 Å². The molecule has 2 N–H and O–H groups in total. The molecule has 1 atom stereocenters. The Morgan fingerprint density at radius 1 is 1.33 bits per heavy atom. The summed E-state index contributed by atoms with van der Waals surface area (Å²) in [6.45, 7) is 7.54. The molecule has 0 aliphatic carbocycles. The van der Waals surface area contributed by atoms with Gasteiger partial charge in [0, 0.05) is 6.54 Å². The summed E-state index contributed by atoms with van der Waals surface area (Å²) in [7, 11) is 0. The molecule has 0 spiro atoms. The summed E-state index contributed by atoms with van der Waals surface area (Å²) in [5.41, 5.74) is 6.20. The molecule has 0 aromatic carbocycles. The maximum absolute atomic E-state index is 8.66. The van der Waals surface area contributed by atoms with Crippen molar-refractivity contribution in [3.8, 4) is 6.07 Å². The monoisotopic (exact) mass is 209 g/mol. The molecule has 1 unspecified atom stereocenters. The fourth-order valence-electron chi connectivity index (χ4n) is 2.49. The zero-order valence-electron chi connectivity index (χ0n) is 10.00. The molecule has 0 radical (unpaired) electrons. The lowest BCUT2D eigenvalue weighted by atomic mass is 9.74. The second kappa shape index (κ2) is 5.48. The number of rotatable bonds is 4. The zero-order valence-corrected chi connectivity index (χ0v) is 10.00. The van der Waals surface area contributed by atoms with Gasteiger partial charge >= 0.3 is 0 Å². The van der Waals surface area contributed by atoms with Crippen molar-refractivity contribution in [2.75, 3.05) is 19.6 Å². The van der Waals surface area contributed by atoms with Gasteiger partial charge in [-0.1, -0.05) is 26.7 Å². The van der Waals surface area contributed by atoms with Crippen molar-refractivity contribution in [2.45, 2.75) is 45.6 Å². The van der Waals surface area contributed by atoms with Crippen LogP contribution in [0.4, 0.5) is 0 Å². The standard InChI is InChI=1S/C12H23N3/c1-3-12(4-2)5-7-15(8-6-12)10-11(14)9-13/h11H,3-8,10,14H2,1-2H3. The van der Waals surface area contributed by atoms with Crippen molar-refractivity contribution in [1.29, 1.82) is 5.26 Å². The van der Waals surface area contributed by atoms with Gasteiger partial charge < -0.3 is 10.6 Å². The van der Waals surface area contributed by atoms with Gasteiger partial charge in [-0.15, -0.1) is 0 Å². The van der Waals surface area contributed by atoms with Gasteiger partial charge in [-0.25, -0.2) is 0 Å². The van der Waals surface area contributed by atoms with Gasteiger partial charge in [-0.05, 0) is 31.3 Å². The van der Waals surface area contributed by atoms with Gasteiger partial charge in [0.2, 0.25) is 0 Å². The van der Waals surface area contributed by atoms with Gasteiger partial charge in [0.15, 0.2) is 0 Å². The largest absolute Gasteiger partial charge is 0.315 e. The quantitative estimate of drug-likeness (QED) is 0.767. The van der Waals surface area contributed by atoms with E-state index in [0.29, 0.717) is 5.41 Å². The third-order valence-corrected chi connectivity index (χ3v) is 4.04. The molecule has 86 valence electrons. The lowest BCUT2D eigenvalue weighted by Gasteiger charge is -2.41. The number of likely N-dealkylation sites (tertiary alicyclic amines) is 1. The Kier molecular flexibility index (Phi) is 4.56. The zero-order chi connectivity index (χ0) is 11.3. The number of piperidine rings is 1. The molecule has 0 aromatic heterocycles. The third-order valence-electron chi connectivity index (χ3n) is 4.04. The van der Waals surface area contributed by atoms with E-state index in [4.69, 9.17) is 11.0 Å². The SMILES string of the molecule is CCC1(CC)CCN(CC(N)C#N)CC1. The predicted molar refractivity (Wildman–Crippen MR) is 62.3 cm³/mol. The minimum absolute atomic E-state index is 0.319. The van der Waals surface area contributed by atoms with E-state index >= 15 is 0 Å². The van der Waals surface area contributed by atoms with E-state index in [0.717, 1.165) is 19.6 Å². The van der Waals surface area contributed by atoms with E-state index in [1.807, 2.05) is 0 Å². The van der Waals surface area contributed by atoms with Crippen molar-refractivity contribution in [1.82, 2.24) is 4.90 Å². The Balaban J connectivity index is 2.39. The summed E-state index contributed by atoms with van der Waals surface area (Å²) in [6.07, 6.45) is 5.08. The van der Waals surface area contributed by atoms with Crippen molar-refractivity contribution in [3.63, 3.8) is 0 Å². The van der Waals surface area contributed by atoms with Crippen LogP contribution in [0.1, 0.15) is 39.5 Å². The molecule has 0 bridgehead atoms. The number of nitrogens with zero attached hydrogens (tertiary/aromatic N) is 2. The van der Waals surface area contributed by atoms with Crippen LogP contribution in [0.15, 0.2) is 0 Å². The topological polar surface area (TPSA) is 53.0 Å². The molecular weight excluding hydrogens is 186 g/mol. The van der Waals surface area contributed by atoms with Gasteiger partial charge in [-0.3, -0.25) is 0 Å². The second-order valence-corrected chi connectivity index (χ2v) is 4.74. The molecule has 1 fully saturated rings. The van der Waals surface area contributed by atoms with E-state index in [1.54, 1.807) is 0 Å². The van der Waals surface area contributed by atoms with E-state index in [9.17, 15) is 0 Å². The fraction of sp³-hybridized carbons (Fsp3) is 0.917. The van der Waals surface area contributed by atoms with Gasteiger partial charge in [0.1, 0.15) is 6.04 Å². The van der Waals surface area contributed by atoms with Gasteiger partial charge in [0.25, 0.3) is 0 Å². The predicted octanol–water partition coefficient (Wildman–Crippen LogP) is 1.74. The molecular formula is C12H23N3. The van der Waals surface area contributed by atoms with E-state index in [1.165, 1.54) is 25.7 Å². The first-order valence-electron chi connectivity index (χ1n) is 6.03. The second-order valence-electron chi connectivity index (χ2n) is 4.74. The molecule has 1 saturated heterocycles. The summed E-state index contributed by atoms with van der Waals surface area (Å²) in [4.78, 5) is 2.33. The highest BCUT2D eigenvalue weighted by molar-refractivity contribution is 4.91. The molecule has 1 aliphatic heterocycles. The Morgan fingerprint density at radius 3 is 2.27 bits per heavy atom. The average molecular weight is 209 g/mol. The minimum Gasteiger partial charge on any atom is -0.315 e. The fourth-order valence-corrected chi connectivity index (χ4v) is 2.49. The smallest absolute Gasteiger partial charge is 0.106 e. The molecule has 1 aliphatic rings. The first kappa shape index (κ1) is 12.5. The Hall–Kier alpha value is -0.590. The summed E-state index contributed by atoms with van der Waals surface area (Å²) < 4.78 is 0. The molecule has 0 aromatic rings. The van der Waals surface area contributed by atoms with Crippen LogP contribution in [-0.2, 0) is 0 Å². The highest BCUT2D eigenvalue weighted by Crippen LogP contribution is 2.37. The average Bonchev–Trinajstić information content (AvgIpc) is 2.30. The van der Waals surface area contributed by atoms with Gasteiger partial charge in [-0.2, -0.15) is 5.26 Å². The van der Waals surface area contributed by atoms with Crippen LogP contribution in [0, 0.1) is 16.7 Å². The molecule has 3 heteroatoms. The minimum atomic E-state index is -0.319. The number of nitriles is 1. The lowest BCUT2D eigenvalue weighted by molar-refractivity contribution is 0.0945. The highest BCUT2D eigenvalue weighted by atomic mass is 15.1. The maximum Gasteiger partial charge on any atom is 0.106 e. The van der Waals surface area contributed by atoms with E-state index in [2.05, 4.69) is 24.8 Å². The Morgan fingerprint density at radius 2 is 1.87 bits per heavy atom. The van der Waals surface area contributed by atoms with Crippen LogP contribution in [-0.4, -0.2) is 30.6 Å². The number of nitrogens with two attached hydrogens (primary N) is 1. The maximum atomic E-state index is 8.66. The summed E-state index contributed by atoms with van der Waals surface area (Å²) in [6, 6.07) is 1.78. The molecule has 15 heavy (non-hydrogen) atoms. The molecule has 1 rings (SSSR count). The highest BCUT2D eigenvalue weighted by Gasteiger charge is 2.31. The summed E-state index contributed by atoms with van der Waals surface area (Å²) in [5.74, 6) is 0. The van der Waals surface area contributed by atoms with E-state index < -0.39 is 0 Å². The van der Waals surface area contributed by atoms with Crippen molar-refractivity contribution >= 4 is 0 Å². The van der Waals surface area contributed by atoms with E-state index in [-0.39, 0.29) is 6.04 Å².